The number of amides is 1. The molecule has 2 aromatic rings. The van der Waals surface area contributed by atoms with Crippen LogP contribution >= 0.6 is 0 Å². The highest BCUT2D eigenvalue weighted by Crippen LogP contribution is 2.21. The number of hydrogen-bond donors (Lipinski definition) is 1. The zero-order valence-corrected chi connectivity index (χ0v) is 18.5. The summed E-state index contributed by atoms with van der Waals surface area (Å²) in [6, 6.07) is 12.5. The Bertz CT molecular complexity index is 1060. The smallest absolute Gasteiger partial charge is 0.251 e. The second-order valence-electron chi connectivity index (χ2n) is 6.69. The van der Waals surface area contributed by atoms with E-state index in [-0.39, 0.29) is 22.6 Å². The Kier molecular flexibility index (Phi) is 7.07. The molecule has 0 spiro atoms. The predicted octanol–water partition coefficient (Wildman–Crippen LogP) is 2.76. The average molecular weight is 439 g/mol. The van der Waals surface area contributed by atoms with Crippen LogP contribution < -0.4 is 9.62 Å². The molecule has 2 rings (SSSR count). The van der Waals surface area contributed by atoms with Gasteiger partial charge in [-0.3, -0.25) is 9.10 Å². The Morgan fingerprint density at radius 1 is 0.966 bits per heavy atom. The molecule has 0 saturated heterocycles. The Morgan fingerprint density at radius 2 is 1.52 bits per heavy atom. The molecule has 1 N–H and O–H groups in total. The van der Waals surface area contributed by atoms with Gasteiger partial charge in [0.2, 0.25) is 10.0 Å². The van der Waals surface area contributed by atoms with Crippen molar-refractivity contribution in [2.75, 3.05) is 23.4 Å². The van der Waals surface area contributed by atoms with E-state index in [1.54, 1.807) is 43.3 Å². The standard InChI is InChI=1S/C20H26N2O5S2/c1-5-19(15-9-13-18(14-10-15)28(4,24)25)21-20(23)16-7-11-17(12-8-16)22(3)29(26,27)6-2/h7-14,19H,5-6H2,1-4H3,(H,21,23)/t19-/m1/s1. The molecule has 0 saturated carbocycles. The summed E-state index contributed by atoms with van der Waals surface area (Å²) in [5.74, 6) is -0.307. The largest absolute Gasteiger partial charge is 0.345 e. The van der Waals surface area contributed by atoms with Crippen LogP contribution in [0.15, 0.2) is 53.4 Å². The minimum absolute atomic E-state index is 0.0119. The number of carbonyl (C=O) groups is 1. The SMILES string of the molecule is CC[C@@H](NC(=O)c1ccc(N(C)S(=O)(=O)CC)cc1)c1ccc(S(C)(=O)=O)cc1. The zero-order valence-electron chi connectivity index (χ0n) is 16.9. The molecular weight excluding hydrogens is 412 g/mol. The summed E-state index contributed by atoms with van der Waals surface area (Å²) in [5, 5.41) is 2.93. The summed E-state index contributed by atoms with van der Waals surface area (Å²) in [6.07, 6.45) is 1.77. The zero-order chi connectivity index (χ0) is 21.8. The normalized spacial score (nSPS) is 13.0. The highest BCUT2D eigenvalue weighted by Gasteiger charge is 2.18. The van der Waals surface area contributed by atoms with Crippen LogP contribution in [0.2, 0.25) is 0 Å². The maximum atomic E-state index is 12.6. The lowest BCUT2D eigenvalue weighted by molar-refractivity contribution is 0.0935. The van der Waals surface area contributed by atoms with Gasteiger partial charge in [-0.15, -0.1) is 0 Å². The number of carbonyl (C=O) groups excluding carboxylic acids is 1. The van der Waals surface area contributed by atoms with Crippen LogP contribution in [-0.4, -0.2) is 41.8 Å². The van der Waals surface area contributed by atoms with Gasteiger partial charge >= 0.3 is 0 Å². The van der Waals surface area contributed by atoms with E-state index < -0.39 is 19.9 Å². The molecule has 7 nitrogen and oxygen atoms in total. The molecule has 0 radical (unpaired) electrons. The number of hydrogen-bond acceptors (Lipinski definition) is 5. The Morgan fingerprint density at radius 3 is 1.97 bits per heavy atom. The number of sulfonamides is 1. The predicted molar refractivity (Wildman–Crippen MR) is 114 cm³/mol. The van der Waals surface area contributed by atoms with E-state index in [0.717, 1.165) is 11.8 Å². The van der Waals surface area contributed by atoms with Gasteiger partial charge in [-0.05, 0) is 55.3 Å². The minimum atomic E-state index is -3.37. The number of rotatable bonds is 8. The summed E-state index contributed by atoms with van der Waals surface area (Å²) >= 11 is 0. The van der Waals surface area contributed by atoms with Crippen molar-refractivity contribution in [3.05, 3.63) is 59.7 Å². The van der Waals surface area contributed by atoms with Crippen LogP contribution in [0, 0.1) is 0 Å². The van der Waals surface area contributed by atoms with Gasteiger partial charge < -0.3 is 5.32 Å². The molecule has 0 aliphatic carbocycles. The van der Waals surface area contributed by atoms with Crippen molar-refractivity contribution >= 4 is 31.5 Å². The van der Waals surface area contributed by atoms with Crippen LogP contribution in [0.25, 0.3) is 0 Å². The topological polar surface area (TPSA) is 101 Å². The van der Waals surface area contributed by atoms with Crippen LogP contribution in [-0.2, 0) is 19.9 Å². The van der Waals surface area contributed by atoms with Crippen LogP contribution in [0.3, 0.4) is 0 Å². The van der Waals surface area contributed by atoms with E-state index in [2.05, 4.69) is 5.32 Å². The van der Waals surface area contributed by atoms with Crippen molar-refractivity contribution in [1.29, 1.82) is 0 Å². The third-order valence-electron chi connectivity index (χ3n) is 4.70. The van der Waals surface area contributed by atoms with Gasteiger partial charge in [0.25, 0.3) is 5.91 Å². The lowest BCUT2D eigenvalue weighted by Crippen LogP contribution is -2.29. The van der Waals surface area contributed by atoms with Crippen molar-refractivity contribution in [2.45, 2.75) is 31.2 Å². The summed E-state index contributed by atoms with van der Waals surface area (Å²) in [7, 11) is -5.17. The maximum Gasteiger partial charge on any atom is 0.251 e. The fourth-order valence-corrected chi connectivity index (χ4v) is 4.25. The molecule has 158 valence electrons. The van der Waals surface area contributed by atoms with Crippen LogP contribution in [0.5, 0.6) is 0 Å². The number of benzene rings is 2. The van der Waals surface area contributed by atoms with Crippen LogP contribution in [0.4, 0.5) is 5.69 Å². The number of nitrogens with zero attached hydrogens (tertiary/aromatic N) is 1. The lowest BCUT2D eigenvalue weighted by atomic mass is 10.0. The third kappa shape index (κ3) is 5.57. The molecule has 0 unspecified atom stereocenters. The molecule has 9 heteroatoms. The quantitative estimate of drug-likeness (QED) is 0.683. The first kappa shape index (κ1) is 22.9. The van der Waals surface area contributed by atoms with E-state index >= 15 is 0 Å². The van der Waals surface area contributed by atoms with Crippen molar-refractivity contribution in [3.63, 3.8) is 0 Å². The minimum Gasteiger partial charge on any atom is -0.345 e. The van der Waals surface area contributed by atoms with Crippen LogP contribution in [0.1, 0.15) is 42.2 Å². The summed E-state index contributed by atoms with van der Waals surface area (Å²) in [6.45, 7) is 3.49. The van der Waals surface area contributed by atoms with Gasteiger partial charge in [-0.25, -0.2) is 16.8 Å². The molecule has 0 bridgehead atoms. The van der Waals surface area contributed by atoms with Gasteiger partial charge in [0.15, 0.2) is 9.84 Å². The van der Waals surface area contributed by atoms with Gasteiger partial charge in [0.1, 0.15) is 0 Å². The molecule has 0 aliphatic rings. The molecule has 29 heavy (non-hydrogen) atoms. The van der Waals surface area contributed by atoms with E-state index in [4.69, 9.17) is 0 Å². The summed E-state index contributed by atoms with van der Waals surface area (Å²) in [4.78, 5) is 12.8. The van der Waals surface area contributed by atoms with Crippen molar-refractivity contribution < 1.29 is 21.6 Å². The van der Waals surface area contributed by atoms with E-state index in [1.807, 2.05) is 6.92 Å². The highest BCUT2D eigenvalue weighted by atomic mass is 32.2. The molecule has 0 heterocycles. The highest BCUT2D eigenvalue weighted by molar-refractivity contribution is 7.92. The Balaban J connectivity index is 2.15. The second kappa shape index (κ2) is 8.96. The first-order chi connectivity index (χ1) is 13.5. The molecule has 1 atom stereocenters. The van der Waals surface area contributed by atoms with E-state index in [0.29, 0.717) is 17.7 Å². The second-order valence-corrected chi connectivity index (χ2v) is 11.0. The van der Waals surface area contributed by atoms with Gasteiger partial charge in [0.05, 0.1) is 22.4 Å². The molecule has 1 amide bonds. The summed E-state index contributed by atoms with van der Waals surface area (Å²) in [5.41, 5.74) is 1.69. The fraction of sp³-hybridized carbons (Fsp3) is 0.350. The first-order valence-corrected chi connectivity index (χ1v) is 12.7. The Hall–Kier alpha value is -2.39. The van der Waals surface area contributed by atoms with E-state index in [1.165, 1.54) is 23.5 Å². The van der Waals surface area contributed by atoms with E-state index in [9.17, 15) is 21.6 Å². The number of sulfone groups is 1. The third-order valence-corrected chi connectivity index (χ3v) is 7.60. The van der Waals surface area contributed by atoms with Gasteiger partial charge in [0, 0.05) is 18.9 Å². The monoisotopic (exact) mass is 438 g/mol. The number of anilines is 1. The van der Waals surface area contributed by atoms with Gasteiger partial charge in [-0.2, -0.15) is 0 Å². The molecule has 0 aromatic heterocycles. The average Bonchev–Trinajstić information content (AvgIpc) is 2.70. The fourth-order valence-electron chi connectivity index (χ4n) is 2.79. The lowest BCUT2D eigenvalue weighted by Gasteiger charge is -2.20. The molecule has 2 aromatic carbocycles. The van der Waals surface area contributed by atoms with Gasteiger partial charge in [-0.1, -0.05) is 19.1 Å². The van der Waals surface area contributed by atoms with Crippen molar-refractivity contribution in [2.24, 2.45) is 0 Å². The Labute approximate surface area is 172 Å². The maximum absolute atomic E-state index is 12.6. The first-order valence-electron chi connectivity index (χ1n) is 9.17. The molecular formula is C20H26N2O5S2. The number of nitrogens with one attached hydrogen (secondary N) is 1. The molecule has 0 aliphatic heterocycles. The molecule has 0 fully saturated rings. The summed E-state index contributed by atoms with van der Waals surface area (Å²) < 4.78 is 48.3. The van der Waals surface area contributed by atoms with Crippen molar-refractivity contribution in [1.82, 2.24) is 5.32 Å². The van der Waals surface area contributed by atoms with Crippen molar-refractivity contribution in [3.8, 4) is 0 Å².